The SMILES string of the molecule is CSC(C)(C)CNc1cc(C(=O)N(C)C)ccc1N. The Kier molecular flexibility index (Phi) is 5.11. The Morgan fingerprint density at radius 2 is 2.05 bits per heavy atom. The minimum absolute atomic E-state index is 0.0211. The van der Waals surface area contributed by atoms with E-state index in [0.29, 0.717) is 11.3 Å². The molecule has 0 aliphatic heterocycles. The molecule has 1 amide bonds. The number of thioether (sulfide) groups is 1. The number of hydrogen-bond donors (Lipinski definition) is 2. The molecule has 0 fully saturated rings. The molecule has 0 atom stereocenters. The van der Waals surface area contributed by atoms with Crippen molar-refractivity contribution in [1.82, 2.24) is 4.90 Å². The molecule has 0 aliphatic carbocycles. The highest BCUT2D eigenvalue weighted by atomic mass is 32.2. The van der Waals surface area contributed by atoms with Gasteiger partial charge < -0.3 is 16.0 Å². The van der Waals surface area contributed by atoms with E-state index in [4.69, 9.17) is 5.73 Å². The molecule has 1 aromatic rings. The standard InChI is InChI=1S/C14H23N3OS/c1-14(2,19-5)9-16-12-8-10(6-7-11(12)15)13(18)17(3)4/h6-8,16H,9,15H2,1-5H3. The molecule has 0 aliphatic rings. The summed E-state index contributed by atoms with van der Waals surface area (Å²) in [5.74, 6) is -0.0211. The number of nitrogen functional groups attached to an aromatic ring is 1. The van der Waals surface area contributed by atoms with Gasteiger partial charge in [0.1, 0.15) is 0 Å². The molecule has 4 nitrogen and oxygen atoms in total. The number of amides is 1. The van der Waals surface area contributed by atoms with Crippen LogP contribution in [0.2, 0.25) is 0 Å². The lowest BCUT2D eigenvalue weighted by atomic mass is 10.1. The maximum absolute atomic E-state index is 11.9. The van der Waals surface area contributed by atoms with E-state index < -0.39 is 0 Å². The highest BCUT2D eigenvalue weighted by molar-refractivity contribution is 7.99. The molecule has 0 bridgehead atoms. The van der Waals surface area contributed by atoms with Gasteiger partial charge in [-0.25, -0.2) is 0 Å². The van der Waals surface area contributed by atoms with Crippen molar-refractivity contribution in [3.8, 4) is 0 Å². The van der Waals surface area contributed by atoms with E-state index in [1.165, 1.54) is 0 Å². The summed E-state index contributed by atoms with van der Waals surface area (Å²) in [4.78, 5) is 13.5. The zero-order valence-corrected chi connectivity index (χ0v) is 13.1. The van der Waals surface area contributed by atoms with Gasteiger partial charge in [0, 0.05) is 31.0 Å². The molecule has 0 heterocycles. The van der Waals surface area contributed by atoms with Gasteiger partial charge in [0.15, 0.2) is 0 Å². The van der Waals surface area contributed by atoms with E-state index in [1.807, 2.05) is 6.07 Å². The number of nitrogens with zero attached hydrogens (tertiary/aromatic N) is 1. The van der Waals surface area contributed by atoms with Crippen LogP contribution < -0.4 is 11.1 Å². The first-order valence-corrected chi connectivity index (χ1v) is 7.39. The fourth-order valence-electron chi connectivity index (χ4n) is 1.48. The Bertz CT molecular complexity index is 458. The van der Waals surface area contributed by atoms with E-state index in [0.717, 1.165) is 12.2 Å². The van der Waals surface area contributed by atoms with E-state index in [2.05, 4.69) is 25.4 Å². The second-order valence-corrected chi connectivity index (χ2v) is 6.83. The summed E-state index contributed by atoms with van der Waals surface area (Å²) in [6, 6.07) is 5.34. The molecule has 19 heavy (non-hydrogen) atoms. The van der Waals surface area contributed by atoms with Gasteiger partial charge in [-0.2, -0.15) is 11.8 Å². The topological polar surface area (TPSA) is 58.4 Å². The number of carbonyl (C=O) groups is 1. The second kappa shape index (κ2) is 6.19. The largest absolute Gasteiger partial charge is 0.397 e. The van der Waals surface area contributed by atoms with Crippen LogP contribution >= 0.6 is 11.8 Å². The fourth-order valence-corrected chi connectivity index (χ4v) is 1.70. The quantitative estimate of drug-likeness (QED) is 0.814. The van der Waals surface area contributed by atoms with Gasteiger partial charge in [0.25, 0.3) is 5.91 Å². The molecular weight excluding hydrogens is 258 g/mol. The van der Waals surface area contributed by atoms with Crippen molar-refractivity contribution in [2.75, 3.05) is 37.9 Å². The van der Waals surface area contributed by atoms with Crippen LogP contribution in [0.4, 0.5) is 11.4 Å². The second-order valence-electron chi connectivity index (χ2n) is 5.32. The predicted molar refractivity (Wildman–Crippen MR) is 85.0 cm³/mol. The summed E-state index contributed by atoms with van der Waals surface area (Å²) >= 11 is 1.79. The number of nitrogens with one attached hydrogen (secondary N) is 1. The molecule has 0 saturated heterocycles. The van der Waals surface area contributed by atoms with Gasteiger partial charge in [0.2, 0.25) is 0 Å². The van der Waals surface area contributed by atoms with Gasteiger partial charge >= 0.3 is 0 Å². The van der Waals surface area contributed by atoms with Gasteiger partial charge in [-0.1, -0.05) is 0 Å². The van der Waals surface area contributed by atoms with Crippen molar-refractivity contribution in [2.24, 2.45) is 0 Å². The number of hydrogen-bond acceptors (Lipinski definition) is 4. The lowest BCUT2D eigenvalue weighted by Gasteiger charge is -2.23. The Morgan fingerprint density at radius 3 is 2.58 bits per heavy atom. The number of rotatable bonds is 5. The Hall–Kier alpha value is -1.36. The van der Waals surface area contributed by atoms with Crippen LogP contribution in [0.1, 0.15) is 24.2 Å². The van der Waals surface area contributed by atoms with Crippen molar-refractivity contribution in [3.63, 3.8) is 0 Å². The van der Waals surface area contributed by atoms with E-state index in [1.54, 1.807) is 42.9 Å². The first-order chi connectivity index (χ1) is 8.76. The third-order valence-corrected chi connectivity index (χ3v) is 4.21. The highest BCUT2D eigenvalue weighted by Gasteiger charge is 2.16. The van der Waals surface area contributed by atoms with Crippen LogP contribution in [0.15, 0.2) is 18.2 Å². The molecule has 106 valence electrons. The van der Waals surface area contributed by atoms with Crippen molar-refractivity contribution in [2.45, 2.75) is 18.6 Å². The number of carbonyl (C=O) groups excluding carboxylic acids is 1. The monoisotopic (exact) mass is 281 g/mol. The molecule has 0 spiro atoms. The Balaban J connectivity index is 2.89. The fraction of sp³-hybridized carbons (Fsp3) is 0.500. The van der Waals surface area contributed by atoms with E-state index in [9.17, 15) is 4.79 Å². The number of anilines is 2. The van der Waals surface area contributed by atoms with Gasteiger partial charge in [0.05, 0.1) is 11.4 Å². The van der Waals surface area contributed by atoms with Crippen molar-refractivity contribution in [3.05, 3.63) is 23.8 Å². The van der Waals surface area contributed by atoms with Crippen molar-refractivity contribution in [1.29, 1.82) is 0 Å². The summed E-state index contributed by atoms with van der Waals surface area (Å²) in [6.07, 6.45) is 2.08. The van der Waals surface area contributed by atoms with Crippen LogP contribution in [-0.2, 0) is 0 Å². The summed E-state index contributed by atoms with van der Waals surface area (Å²) in [5.41, 5.74) is 8.06. The molecule has 1 aromatic carbocycles. The molecule has 5 heteroatoms. The Labute approximate surface area is 119 Å². The van der Waals surface area contributed by atoms with Crippen LogP contribution in [0.25, 0.3) is 0 Å². The maximum atomic E-state index is 11.9. The smallest absolute Gasteiger partial charge is 0.253 e. The van der Waals surface area contributed by atoms with Crippen molar-refractivity contribution < 1.29 is 4.79 Å². The molecule has 3 N–H and O–H groups in total. The minimum Gasteiger partial charge on any atom is -0.397 e. The summed E-state index contributed by atoms with van der Waals surface area (Å²) in [6.45, 7) is 5.11. The molecule has 0 unspecified atom stereocenters. The average Bonchev–Trinajstić information content (AvgIpc) is 2.37. The summed E-state index contributed by atoms with van der Waals surface area (Å²) in [7, 11) is 3.48. The summed E-state index contributed by atoms with van der Waals surface area (Å²) in [5, 5.41) is 3.32. The van der Waals surface area contributed by atoms with Gasteiger partial charge in [-0.3, -0.25) is 4.79 Å². The van der Waals surface area contributed by atoms with Gasteiger partial charge in [-0.05, 0) is 38.3 Å². The third-order valence-electron chi connectivity index (χ3n) is 2.96. The molecule has 0 aromatic heterocycles. The van der Waals surface area contributed by atoms with Crippen LogP contribution in [0.3, 0.4) is 0 Å². The van der Waals surface area contributed by atoms with Gasteiger partial charge in [-0.15, -0.1) is 0 Å². The average molecular weight is 281 g/mol. The first kappa shape index (κ1) is 15.7. The predicted octanol–water partition coefficient (Wildman–Crippen LogP) is 2.52. The van der Waals surface area contributed by atoms with Crippen molar-refractivity contribution >= 4 is 29.0 Å². The van der Waals surface area contributed by atoms with E-state index in [-0.39, 0.29) is 10.7 Å². The molecule has 1 rings (SSSR count). The van der Waals surface area contributed by atoms with Crippen LogP contribution in [-0.4, -0.2) is 42.4 Å². The Morgan fingerprint density at radius 1 is 1.42 bits per heavy atom. The molecule has 0 radical (unpaired) electrons. The maximum Gasteiger partial charge on any atom is 0.253 e. The lowest BCUT2D eigenvalue weighted by Crippen LogP contribution is -2.26. The minimum atomic E-state index is -0.0211. The normalized spacial score (nSPS) is 11.2. The summed E-state index contributed by atoms with van der Waals surface area (Å²) < 4.78 is 0.119. The number of nitrogens with two attached hydrogens (primary N) is 1. The lowest BCUT2D eigenvalue weighted by molar-refractivity contribution is 0.0827. The molecule has 0 saturated carbocycles. The van der Waals surface area contributed by atoms with Crippen LogP contribution in [0, 0.1) is 0 Å². The third kappa shape index (κ3) is 4.35. The highest BCUT2D eigenvalue weighted by Crippen LogP contribution is 2.25. The van der Waals surface area contributed by atoms with E-state index >= 15 is 0 Å². The zero-order chi connectivity index (χ0) is 14.6. The first-order valence-electron chi connectivity index (χ1n) is 6.17. The number of benzene rings is 1. The zero-order valence-electron chi connectivity index (χ0n) is 12.3. The molecular formula is C14H23N3OS. The van der Waals surface area contributed by atoms with Crippen LogP contribution in [0.5, 0.6) is 0 Å².